The lowest BCUT2D eigenvalue weighted by Gasteiger charge is -2.03. The van der Waals surface area contributed by atoms with Gasteiger partial charge in [0, 0.05) is 25.6 Å². The molecule has 0 saturated heterocycles. The van der Waals surface area contributed by atoms with E-state index in [1.807, 2.05) is 48.9 Å². The maximum absolute atomic E-state index is 12.1. The third-order valence-electron chi connectivity index (χ3n) is 3.47. The first-order valence-electron chi connectivity index (χ1n) is 7.17. The van der Waals surface area contributed by atoms with Gasteiger partial charge in [-0.25, -0.2) is 4.98 Å². The predicted octanol–water partition coefficient (Wildman–Crippen LogP) is 1.61. The molecule has 0 atom stereocenters. The fourth-order valence-electron chi connectivity index (χ4n) is 2.05. The van der Waals surface area contributed by atoms with E-state index in [2.05, 4.69) is 24.9 Å². The van der Waals surface area contributed by atoms with Gasteiger partial charge in [-0.05, 0) is 18.5 Å². The van der Waals surface area contributed by atoms with Crippen LogP contribution in [-0.4, -0.2) is 36.6 Å². The monoisotopic (exact) mass is 328 g/mol. The predicted molar refractivity (Wildman–Crippen MR) is 87.1 cm³/mol. The summed E-state index contributed by atoms with van der Waals surface area (Å²) >= 11 is 1.10. The molecule has 3 rings (SSSR count). The Hall–Kier alpha value is -2.61. The van der Waals surface area contributed by atoms with Crippen LogP contribution in [0.25, 0.3) is 11.4 Å². The Bertz CT molecular complexity index is 810. The van der Waals surface area contributed by atoms with Crippen LogP contribution >= 0.6 is 11.5 Å². The summed E-state index contributed by atoms with van der Waals surface area (Å²) in [5.41, 5.74) is 0.900. The fourth-order valence-corrected chi connectivity index (χ4v) is 2.65. The van der Waals surface area contributed by atoms with Crippen LogP contribution in [0.15, 0.2) is 30.3 Å². The number of carbonyl (C=O) groups is 1. The SMILES string of the molecule is Cc1nnc(CCNC(=O)c2nc(-c3ccccc3)ns2)n1C. The van der Waals surface area contributed by atoms with Crippen molar-refractivity contribution in [2.75, 3.05) is 6.54 Å². The number of hydrogen-bond acceptors (Lipinski definition) is 6. The van der Waals surface area contributed by atoms with E-state index in [1.54, 1.807) is 0 Å². The summed E-state index contributed by atoms with van der Waals surface area (Å²) in [5, 5.41) is 11.2. The summed E-state index contributed by atoms with van der Waals surface area (Å²) in [6, 6.07) is 9.59. The van der Waals surface area contributed by atoms with E-state index >= 15 is 0 Å². The van der Waals surface area contributed by atoms with Crippen molar-refractivity contribution in [2.24, 2.45) is 7.05 Å². The first kappa shape index (κ1) is 15.3. The second-order valence-corrected chi connectivity index (χ2v) is 5.77. The van der Waals surface area contributed by atoms with Crippen molar-refractivity contribution in [3.05, 3.63) is 47.0 Å². The highest BCUT2D eigenvalue weighted by molar-refractivity contribution is 7.07. The summed E-state index contributed by atoms with van der Waals surface area (Å²) in [7, 11) is 1.91. The van der Waals surface area contributed by atoms with E-state index in [1.165, 1.54) is 0 Å². The van der Waals surface area contributed by atoms with E-state index in [4.69, 9.17) is 0 Å². The van der Waals surface area contributed by atoms with Crippen molar-refractivity contribution in [3.63, 3.8) is 0 Å². The fraction of sp³-hybridized carbons (Fsp3) is 0.267. The molecule has 0 fully saturated rings. The summed E-state index contributed by atoms with van der Waals surface area (Å²) in [6.45, 7) is 2.37. The molecule has 0 bridgehead atoms. The Balaban J connectivity index is 1.59. The van der Waals surface area contributed by atoms with E-state index < -0.39 is 0 Å². The third-order valence-corrected chi connectivity index (χ3v) is 4.18. The van der Waals surface area contributed by atoms with Crippen LogP contribution in [0.1, 0.15) is 21.5 Å². The summed E-state index contributed by atoms with van der Waals surface area (Å²) in [5.74, 6) is 2.04. The lowest BCUT2D eigenvalue weighted by molar-refractivity contribution is 0.0953. The van der Waals surface area contributed by atoms with Crippen molar-refractivity contribution in [1.82, 2.24) is 29.4 Å². The van der Waals surface area contributed by atoms with Gasteiger partial charge < -0.3 is 9.88 Å². The van der Waals surface area contributed by atoms with Gasteiger partial charge in [0.1, 0.15) is 11.6 Å². The molecule has 8 heteroatoms. The zero-order valence-corrected chi connectivity index (χ0v) is 13.7. The van der Waals surface area contributed by atoms with Crippen molar-refractivity contribution in [2.45, 2.75) is 13.3 Å². The van der Waals surface area contributed by atoms with Crippen LogP contribution in [0.3, 0.4) is 0 Å². The van der Waals surface area contributed by atoms with Crippen molar-refractivity contribution in [1.29, 1.82) is 0 Å². The van der Waals surface area contributed by atoms with Crippen LogP contribution in [0.5, 0.6) is 0 Å². The molecule has 0 aliphatic rings. The minimum Gasteiger partial charge on any atom is -0.349 e. The highest BCUT2D eigenvalue weighted by atomic mass is 32.1. The molecule has 2 aromatic heterocycles. The minimum atomic E-state index is -0.219. The van der Waals surface area contributed by atoms with E-state index in [0.717, 1.165) is 28.7 Å². The van der Waals surface area contributed by atoms with Crippen molar-refractivity contribution < 1.29 is 4.79 Å². The minimum absolute atomic E-state index is 0.219. The van der Waals surface area contributed by atoms with E-state index in [9.17, 15) is 4.79 Å². The number of carbonyl (C=O) groups excluding carboxylic acids is 1. The largest absolute Gasteiger partial charge is 0.349 e. The number of benzene rings is 1. The molecular formula is C15H16N6OS. The van der Waals surface area contributed by atoms with Crippen molar-refractivity contribution >= 4 is 17.4 Å². The Labute approximate surface area is 137 Å². The molecule has 3 aromatic rings. The molecule has 23 heavy (non-hydrogen) atoms. The van der Waals surface area contributed by atoms with E-state index in [-0.39, 0.29) is 5.91 Å². The molecule has 0 aliphatic heterocycles. The number of nitrogens with zero attached hydrogens (tertiary/aromatic N) is 5. The van der Waals surface area contributed by atoms with Crippen LogP contribution < -0.4 is 5.32 Å². The molecule has 0 saturated carbocycles. The quantitative estimate of drug-likeness (QED) is 0.769. The van der Waals surface area contributed by atoms with Crippen LogP contribution in [-0.2, 0) is 13.5 Å². The second-order valence-electron chi connectivity index (χ2n) is 5.02. The van der Waals surface area contributed by atoms with Crippen LogP contribution in [0.2, 0.25) is 0 Å². The molecule has 118 valence electrons. The van der Waals surface area contributed by atoms with Crippen LogP contribution in [0, 0.1) is 6.92 Å². The molecule has 0 unspecified atom stereocenters. The van der Waals surface area contributed by atoms with Gasteiger partial charge in [0.05, 0.1) is 0 Å². The molecule has 0 spiro atoms. The van der Waals surface area contributed by atoms with Gasteiger partial charge in [-0.2, -0.15) is 4.37 Å². The number of aromatic nitrogens is 5. The molecule has 1 N–H and O–H groups in total. The van der Waals surface area contributed by atoms with E-state index in [0.29, 0.717) is 23.8 Å². The first-order valence-corrected chi connectivity index (χ1v) is 7.94. The first-order chi connectivity index (χ1) is 11.1. The Kier molecular flexibility index (Phi) is 4.42. The number of aryl methyl sites for hydroxylation is 1. The third kappa shape index (κ3) is 3.42. The van der Waals surface area contributed by atoms with Gasteiger partial charge in [0.2, 0.25) is 5.01 Å². The normalized spacial score (nSPS) is 10.7. The van der Waals surface area contributed by atoms with Gasteiger partial charge >= 0.3 is 0 Å². The van der Waals surface area contributed by atoms with Gasteiger partial charge in [0.25, 0.3) is 5.91 Å². The topological polar surface area (TPSA) is 85.6 Å². The zero-order valence-electron chi connectivity index (χ0n) is 12.9. The van der Waals surface area contributed by atoms with Gasteiger partial charge in [-0.15, -0.1) is 10.2 Å². The Morgan fingerprint density at radius 2 is 2.04 bits per heavy atom. The summed E-state index contributed by atoms with van der Waals surface area (Å²) < 4.78 is 6.14. The number of nitrogens with one attached hydrogen (secondary N) is 1. The lowest BCUT2D eigenvalue weighted by atomic mass is 10.2. The zero-order chi connectivity index (χ0) is 16.2. The highest BCUT2D eigenvalue weighted by Crippen LogP contribution is 2.17. The average Bonchev–Trinajstić information content (AvgIpc) is 3.18. The lowest BCUT2D eigenvalue weighted by Crippen LogP contribution is -2.26. The molecule has 0 radical (unpaired) electrons. The molecule has 2 heterocycles. The number of hydrogen-bond donors (Lipinski definition) is 1. The average molecular weight is 328 g/mol. The Morgan fingerprint density at radius 1 is 1.26 bits per heavy atom. The maximum atomic E-state index is 12.1. The Morgan fingerprint density at radius 3 is 2.74 bits per heavy atom. The summed E-state index contributed by atoms with van der Waals surface area (Å²) in [4.78, 5) is 16.4. The van der Waals surface area contributed by atoms with Crippen LogP contribution in [0.4, 0.5) is 0 Å². The summed E-state index contributed by atoms with van der Waals surface area (Å²) in [6.07, 6.45) is 0.618. The number of rotatable bonds is 5. The standard InChI is InChI=1S/C15H16N6OS/c1-10-18-19-12(21(10)2)8-9-16-14(22)15-17-13(20-23-15)11-6-4-3-5-7-11/h3-7H,8-9H2,1-2H3,(H,16,22). The van der Waals surface area contributed by atoms with Crippen molar-refractivity contribution in [3.8, 4) is 11.4 Å². The highest BCUT2D eigenvalue weighted by Gasteiger charge is 2.13. The molecular weight excluding hydrogens is 312 g/mol. The van der Waals surface area contributed by atoms with Gasteiger partial charge in [-0.3, -0.25) is 4.79 Å². The smallest absolute Gasteiger partial charge is 0.281 e. The molecule has 0 aliphatic carbocycles. The molecule has 1 aromatic carbocycles. The number of amides is 1. The molecule has 7 nitrogen and oxygen atoms in total. The second kappa shape index (κ2) is 6.66. The maximum Gasteiger partial charge on any atom is 0.281 e. The molecule has 1 amide bonds. The van der Waals surface area contributed by atoms with Gasteiger partial charge in [0.15, 0.2) is 5.82 Å². The van der Waals surface area contributed by atoms with Gasteiger partial charge in [-0.1, -0.05) is 30.3 Å².